The minimum absolute atomic E-state index is 0.281. The van der Waals surface area contributed by atoms with Crippen molar-refractivity contribution in [2.45, 2.75) is 45.1 Å². The quantitative estimate of drug-likeness (QED) is 0.489. The van der Waals surface area contributed by atoms with Gasteiger partial charge in [0.1, 0.15) is 0 Å². The van der Waals surface area contributed by atoms with Gasteiger partial charge in [-0.3, -0.25) is 4.79 Å². The predicted octanol–water partition coefficient (Wildman–Crippen LogP) is 5.02. The van der Waals surface area contributed by atoms with Gasteiger partial charge in [-0.25, -0.2) is 0 Å². The first-order valence-electron chi connectivity index (χ1n) is 11.8. The third kappa shape index (κ3) is 5.76. The number of nitrogens with zero attached hydrogens (tertiary/aromatic N) is 3. The van der Waals surface area contributed by atoms with Crippen LogP contribution in [0.5, 0.6) is 0 Å². The molecule has 0 radical (unpaired) electrons. The maximum Gasteiger partial charge on any atom is 0.224 e. The summed E-state index contributed by atoms with van der Waals surface area (Å²) in [4.78, 5) is 17.8. The third-order valence-electron chi connectivity index (χ3n) is 6.58. The largest absolute Gasteiger partial charge is 0.346 e. The van der Waals surface area contributed by atoms with Crippen LogP contribution >= 0.6 is 0 Å². The van der Waals surface area contributed by atoms with Crippen molar-refractivity contribution >= 4 is 16.8 Å². The van der Waals surface area contributed by atoms with Gasteiger partial charge < -0.3 is 14.4 Å². The number of aromatic nitrogens is 1. The Morgan fingerprint density at radius 2 is 1.71 bits per heavy atom. The van der Waals surface area contributed by atoms with Crippen LogP contribution in [0.2, 0.25) is 0 Å². The normalized spacial score (nSPS) is 14.7. The molecule has 0 spiro atoms. The van der Waals surface area contributed by atoms with Gasteiger partial charge in [-0.15, -0.1) is 0 Å². The molecule has 0 bridgehead atoms. The highest BCUT2D eigenvalue weighted by Crippen LogP contribution is 2.20. The zero-order valence-electron chi connectivity index (χ0n) is 18.8. The molecule has 4 rings (SSSR count). The van der Waals surface area contributed by atoms with Crippen molar-refractivity contribution in [2.75, 3.05) is 26.2 Å². The average molecular weight is 418 g/mol. The van der Waals surface area contributed by atoms with Gasteiger partial charge in [-0.1, -0.05) is 55.0 Å². The van der Waals surface area contributed by atoms with E-state index < -0.39 is 0 Å². The molecule has 0 aliphatic carbocycles. The standard InChI is InChI=1S/C27H35N3O/c1-28-25(21-24-14-6-7-15-26(24)28)22-30(19-10-13-23-11-4-2-5-12-23)27(31)16-20-29-17-8-3-9-18-29/h2,4-7,11-12,14-15,21H,3,8-10,13,16-20,22H2,1H3. The summed E-state index contributed by atoms with van der Waals surface area (Å²) in [5.41, 5.74) is 3.77. The van der Waals surface area contributed by atoms with E-state index in [1.807, 2.05) is 0 Å². The van der Waals surface area contributed by atoms with Gasteiger partial charge in [-0.2, -0.15) is 0 Å². The highest BCUT2D eigenvalue weighted by molar-refractivity contribution is 5.81. The highest BCUT2D eigenvalue weighted by atomic mass is 16.2. The Morgan fingerprint density at radius 3 is 2.48 bits per heavy atom. The van der Waals surface area contributed by atoms with Gasteiger partial charge in [0.05, 0.1) is 6.54 Å². The Hall–Kier alpha value is -2.59. The zero-order valence-corrected chi connectivity index (χ0v) is 18.8. The van der Waals surface area contributed by atoms with Crippen molar-refractivity contribution in [2.24, 2.45) is 7.05 Å². The molecule has 1 aliphatic heterocycles. The second kappa shape index (κ2) is 10.6. The van der Waals surface area contributed by atoms with E-state index in [0.717, 1.165) is 39.0 Å². The minimum atomic E-state index is 0.281. The summed E-state index contributed by atoms with van der Waals surface area (Å²) in [5.74, 6) is 0.281. The lowest BCUT2D eigenvalue weighted by molar-refractivity contribution is -0.132. The summed E-state index contributed by atoms with van der Waals surface area (Å²) in [6.07, 6.45) is 6.48. The van der Waals surface area contributed by atoms with E-state index >= 15 is 0 Å². The van der Waals surface area contributed by atoms with Crippen LogP contribution in [0.3, 0.4) is 0 Å². The molecule has 1 aliphatic rings. The Balaban J connectivity index is 1.42. The molecule has 0 N–H and O–H groups in total. The number of carbonyl (C=O) groups is 1. The Kier molecular flexibility index (Phi) is 7.42. The smallest absolute Gasteiger partial charge is 0.224 e. The summed E-state index contributed by atoms with van der Waals surface area (Å²) >= 11 is 0. The van der Waals surface area contributed by atoms with E-state index in [0.29, 0.717) is 13.0 Å². The molecule has 1 amide bonds. The van der Waals surface area contributed by atoms with E-state index in [9.17, 15) is 4.79 Å². The zero-order chi connectivity index (χ0) is 21.5. The third-order valence-corrected chi connectivity index (χ3v) is 6.58. The number of hydrogen-bond donors (Lipinski definition) is 0. The molecule has 1 aromatic heterocycles. The number of amides is 1. The van der Waals surface area contributed by atoms with Crippen LogP contribution in [0.4, 0.5) is 0 Å². The number of carbonyl (C=O) groups excluding carboxylic acids is 1. The fourth-order valence-corrected chi connectivity index (χ4v) is 4.70. The summed E-state index contributed by atoms with van der Waals surface area (Å²) in [7, 11) is 2.11. The van der Waals surface area contributed by atoms with Crippen molar-refractivity contribution in [1.82, 2.24) is 14.4 Å². The van der Waals surface area contributed by atoms with Crippen LogP contribution in [0.1, 0.15) is 43.4 Å². The van der Waals surface area contributed by atoms with E-state index in [-0.39, 0.29) is 5.91 Å². The van der Waals surface area contributed by atoms with E-state index in [1.54, 1.807) is 0 Å². The van der Waals surface area contributed by atoms with Crippen LogP contribution in [0.25, 0.3) is 10.9 Å². The SMILES string of the molecule is Cn1c(CN(CCCc2ccccc2)C(=O)CCN2CCCCC2)cc2ccccc21. The van der Waals surface area contributed by atoms with Gasteiger partial charge in [0.25, 0.3) is 0 Å². The number of para-hydroxylation sites is 1. The van der Waals surface area contributed by atoms with Crippen molar-refractivity contribution in [1.29, 1.82) is 0 Å². The van der Waals surface area contributed by atoms with Crippen LogP contribution in [0, 0.1) is 0 Å². The summed E-state index contributed by atoms with van der Waals surface area (Å²) < 4.78 is 2.23. The Bertz CT molecular complexity index is 973. The second-order valence-electron chi connectivity index (χ2n) is 8.81. The van der Waals surface area contributed by atoms with Crippen molar-refractivity contribution in [3.8, 4) is 0 Å². The monoisotopic (exact) mass is 417 g/mol. The van der Waals surface area contributed by atoms with Crippen LogP contribution in [0.15, 0.2) is 60.7 Å². The molecule has 164 valence electrons. The minimum Gasteiger partial charge on any atom is -0.346 e. The van der Waals surface area contributed by atoms with Crippen molar-refractivity contribution in [3.05, 3.63) is 71.9 Å². The fraction of sp³-hybridized carbons (Fsp3) is 0.444. The van der Waals surface area contributed by atoms with Crippen LogP contribution in [-0.2, 0) is 24.8 Å². The Morgan fingerprint density at radius 1 is 0.968 bits per heavy atom. The number of hydrogen-bond acceptors (Lipinski definition) is 2. The maximum atomic E-state index is 13.2. The number of aryl methyl sites for hydroxylation is 2. The molecule has 4 heteroatoms. The summed E-state index contributed by atoms with van der Waals surface area (Å²) in [5, 5.41) is 1.24. The van der Waals surface area contributed by atoms with E-state index in [2.05, 4.69) is 82.1 Å². The lowest BCUT2D eigenvalue weighted by atomic mass is 10.1. The summed E-state index contributed by atoms with van der Waals surface area (Å²) in [6.45, 7) is 4.66. The summed E-state index contributed by atoms with van der Waals surface area (Å²) in [6, 6.07) is 21.3. The molecule has 2 aromatic carbocycles. The number of piperidine rings is 1. The first-order valence-corrected chi connectivity index (χ1v) is 11.8. The van der Waals surface area contributed by atoms with Gasteiger partial charge in [0.15, 0.2) is 0 Å². The van der Waals surface area contributed by atoms with E-state index in [4.69, 9.17) is 0 Å². The van der Waals surface area contributed by atoms with E-state index in [1.165, 1.54) is 41.4 Å². The van der Waals surface area contributed by atoms with Crippen LogP contribution in [-0.4, -0.2) is 46.5 Å². The molecule has 1 saturated heterocycles. The van der Waals surface area contributed by atoms with Gasteiger partial charge in [-0.05, 0) is 61.9 Å². The van der Waals surface area contributed by atoms with Gasteiger partial charge in [0, 0.05) is 37.8 Å². The number of fused-ring (bicyclic) bond motifs is 1. The lowest BCUT2D eigenvalue weighted by Crippen LogP contribution is -2.37. The molecule has 4 nitrogen and oxygen atoms in total. The molecule has 0 unspecified atom stereocenters. The first kappa shape index (κ1) is 21.6. The molecular weight excluding hydrogens is 382 g/mol. The molecular formula is C27H35N3O. The van der Waals surface area contributed by atoms with Gasteiger partial charge in [0.2, 0.25) is 5.91 Å². The fourth-order valence-electron chi connectivity index (χ4n) is 4.70. The molecule has 0 atom stereocenters. The Labute approximate surface area is 186 Å². The average Bonchev–Trinajstić information content (AvgIpc) is 3.13. The molecule has 31 heavy (non-hydrogen) atoms. The first-order chi connectivity index (χ1) is 15.2. The topological polar surface area (TPSA) is 28.5 Å². The molecule has 2 heterocycles. The van der Waals surface area contributed by atoms with Crippen molar-refractivity contribution in [3.63, 3.8) is 0 Å². The van der Waals surface area contributed by atoms with Gasteiger partial charge >= 0.3 is 0 Å². The second-order valence-corrected chi connectivity index (χ2v) is 8.81. The maximum absolute atomic E-state index is 13.2. The number of benzene rings is 2. The van der Waals surface area contributed by atoms with Crippen molar-refractivity contribution < 1.29 is 4.79 Å². The number of rotatable bonds is 9. The molecule has 0 saturated carbocycles. The molecule has 3 aromatic rings. The molecule has 1 fully saturated rings. The number of likely N-dealkylation sites (tertiary alicyclic amines) is 1. The highest BCUT2D eigenvalue weighted by Gasteiger charge is 2.18. The predicted molar refractivity (Wildman–Crippen MR) is 128 cm³/mol. The van der Waals surface area contributed by atoms with Crippen LogP contribution < -0.4 is 0 Å². The lowest BCUT2D eigenvalue weighted by Gasteiger charge is -2.28.